The van der Waals surface area contributed by atoms with E-state index in [0.717, 1.165) is 50.3 Å². The van der Waals surface area contributed by atoms with Crippen LogP contribution in [0.2, 0.25) is 0 Å². The summed E-state index contributed by atoms with van der Waals surface area (Å²) in [7, 11) is 1.76. The molecule has 2 fully saturated rings. The predicted molar refractivity (Wildman–Crippen MR) is 123 cm³/mol. The predicted octanol–water partition coefficient (Wildman–Crippen LogP) is 4.03. The van der Waals surface area contributed by atoms with Gasteiger partial charge in [0, 0.05) is 62.0 Å². The van der Waals surface area contributed by atoms with Gasteiger partial charge in [-0.25, -0.2) is 0 Å². The van der Waals surface area contributed by atoms with E-state index in [9.17, 15) is 5.11 Å². The van der Waals surface area contributed by atoms with Crippen LogP contribution in [0.4, 0.5) is 0 Å². The van der Waals surface area contributed by atoms with E-state index in [1.165, 1.54) is 22.2 Å². The molecular formula is C26H33N3O2. The number of methoxy groups -OCH3 is 1. The van der Waals surface area contributed by atoms with Crippen LogP contribution in [0.3, 0.4) is 0 Å². The molecular weight excluding hydrogens is 386 g/mol. The molecule has 3 heterocycles. The van der Waals surface area contributed by atoms with Gasteiger partial charge in [0.05, 0.1) is 12.3 Å². The summed E-state index contributed by atoms with van der Waals surface area (Å²) in [4.78, 5) is 7.15. The van der Waals surface area contributed by atoms with Crippen LogP contribution in [0.1, 0.15) is 35.4 Å². The Balaban J connectivity index is 1.40. The maximum Gasteiger partial charge on any atom is 0.111 e. The van der Waals surface area contributed by atoms with Crippen LogP contribution in [0.5, 0.6) is 0 Å². The van der Waals surface area contributed by atoms with Gasteiger partial charge in [0.1, 0.15) is 5.60 Å². The highest BCUT2D eigenvalue weighted by atomic mass is 16.5. The molecule has 1 N–H and O–H groups in total. The minimum Gasteiger partial charge on any atom is -0.383 e. The summed E-state index contributed by atoms with van der Waals surface area (Å²) in [6.45, 7) is 8.76. The first-order valence-electron chi connectivity index (χ1n) is 11.4. The van der Waals surface area contributed by atoms with Crippen LogP contribution < -0.4 is 0 Å². The third kappa shape index (κ3) is 3.49. The molecule has 0 unspecified atom stereocenters. The van der Waals surface area contributed by atoms with Gasteiger partial charge < -0.3 is 14.4 Å². The summed E-state index contributed by atoms with van der Waals surface area (Å²) in [5.41, 5.74) is 5.20. The third-order valence-electron chi connectivity index (χ3n) is 7.64. The van der Waals surface area contributed by atoms with E-state index in [0.29, 0.717) is 12.5 Å². The van der Waals surface area contributed by atoms with Crippen molar-refractivity contribution in [3.05, 3.63) is 65.1 Å². The van der Waals surface area contributed by atoms with Crippen molar-refractivity contribution in [3.8, 4) is 0 Å². The number of rotatable bonds is 6. The van der Waals surface area contributed by atoms with E-state index in [2.05, 4.69) is 51.7 Å². The van der Waals surface area contributed by atoms with Gasteiger partial charge in [0.15, 0.2) is 0 Å². The molecule has 0 spiro atoms. The first kappa shape index (κ1) is 20.7. The molecule has 0 radical (unpaired) electrons. The first-order valence-corrected chi connectivity index (χ1v) is 11.4. The molecule has 2 aromatic heterocycles. The lowest BCUT2D eigenvalue weighted by Gasteiger charge is -2.30. The molecule has 0 bridgehead atoms. The number of para-hydroxylation sites is 1. The van der Waals surface area contributed by atoms with Crippen molar-refractivity contribution in [2.24, 2.45) is 11.8 Å². The van der Waals surface area contributed by atoms with Crippen LogP contribution >= 0.6 is 0 Å². The summed E-state index contributed by atoms with van der Waals surface area (Å²) >= 11 is 0. The standard InChI is InChI=1S/C26H33N3O2/c1-18-8-9-25(27-14-18)26(30)11-10-20-15-28(17-23(20)26)16-22-19(2)29(12-13-31-3)24-7-5-4-6-21(22)24/h4-9,14,20,23,30H,10-13,15-17H2,1-3H3/t20-,23+,26-/m1/s1. The monoisotopic (exact) mass is 419 g/mol. The fourth-order valence-corrected chi connectivity index (χ4v) is 5.95. The highest BCUT2D eigenvalue weighted by molar-refractivity contribution is 5.85. The number of aryl methyl sites for hydroxylation is 1. The van der Waals surface area contributed by atoms with Gasteiger partial charge in [-0.2, -0.15) is 0 Å². The number of ether oxygens (including phenoxy) is 1. The van der Waals surface area contributed by atoms with E-state index in [1.807, 2.05) is 19.2 Å². The highest BCUT2D eigenvalue weighted by Gasteiger charge is 2.53. The lowest BCUT2D eigenvalue weighted by molar-refractivity contribution is -0.0108. The van der Waals surface area contributed by atoms with Gasteiger partial charge in [-0.05, 0) is 55.9 Å². The Morgan fingerprint density at radius 3 is 2.77 bits per heavy atom. The number of hydrogen-bond acceptors (Lipinski definition) is 4. The van der Waals surface area contributed by atoms with E-state index in [1.54, 1.807) is 7.11 Å². The van der Waals surface area contributed by atoms with Gasteiger partial charge in [-0.1, -0.05) is 24.3 Å². The summed E-state index contributed by atoms with van der Waals surface area (Å²) < 4.78 is 7.74. The van der Waals surface area contributed by atoms with Crippen LogP contribution in [0.15, 0.2) is 42.6 Å². The van der Waals surface area contributed by atoms with Crippen LogP contribution in [0, 0.1) is 25.7 Å². The summed E-state index contributed by atoms with van der Waals surface area (Å²) in [6.07, 6.45) is 3.77. The highest BCUT2D eigenvalue weighted by Crippen LogP contribution is 2.50. The first-order chi connectivity index (χ1) is 15.0. The Labute approximate surface area is 184 Å². The van der Waals surface area contributed by atoms with Crippen LogP contribution in [0.25, 0.3) is 10.9 Å². The minimum absolute atomic E-state index is 0.254. The molecule has 5 nitrogen and oxygen atoms in total. The molecule has 1 aliphatic heterocycles. The minimum atomic E-state index is -0.797. The molecule has 1 saturated carbocycles. The molecule has 5 heteroatoms. The molecule has 164 valence electrons. The fraction of sp³-hybridized carbons (Fsp3) is 0.500. The number of fused-ring (bicyclic) bond motifs is 2. The topological polar surface area (TPSA) is 50.5 Å². The van der Waals surface area contributed by atoms with Gasteiger partial charge >= 0.3 is 0 Å². The number of likely N-dealkylation sites (tertiary alicyclic amines) is 1. The Hall–Kier alpha value is -2.21. The van der Waals surface area contributed by atoms with E-state index in [4.69, 9.17) is 4.74 Å². The quantitative estimate of drug-likeness (QED) is 0.655. The summed E-state index contributed by atoms with van der Waals surface area (Å²) in [5, 5.41) is 13.0. The van der Waals surface area contributed by atoms with Crippen molar-refractivity contribution in [2.75, 3.05) is 26.8 Å². The lowest BCUT2D eigenvalue weighted by Crippen LogP contribution is -2.35. The van der Waals surface area contributed by atoms with Gasteiger partial charge in [-0.15, -0.1) is 0 Å². The Kier molecular flexibility index (Phi) is 5.37. The number of benzene rings is 1. The molecule has 3 atom stereocenters. The van der Waals surface area contributed by atoms with E-state index >= 15 is 0 Å². The van der Waals surface area contributed by atoms with Gasteiger partial charge in [0.25, 0.3) is 0 Å². The Morgan fingerprint density at radius 2 is 2.00 bits per heavy atom. The maximum absolute atomic E-state index is 11.6. The van der Waals surface area contributed by atoms with Crippen molar-refractivity contribution >= 4 is 10.9 Å². The smallest absolute Gasteiger partial charge is 0.111 e. The number of hydrogen-bond donors (Lipinski definition) is 1. The second-order valence-corrected chi connectivity index (χ2v) is 9.47. The zero-order valence-corrected chi connectivity index (χ0v) is 18.8. The summed E-state index contributed by atoms with van der Waals surface area (Å²) in [6, 6.07) is 12.8. The zero-order valence-electron chi connectivity index (χ0n) is 18.8. The second-order valence-electron chi connectivity index (χ2n) is 9.47. The average Bonchev–Trinajstić information content (AvgIpc) is 3.40. The largest absolute Gasteiger partial charge is 0.383 e. The van der Waals surface area contributed by atoms with Gasteiger partial charge in [-0.3, -0.25) is 9.88 Å². The van der Waals surface area contributed by atoms with E-state index < -0.39 is 5.60 Å². The normalized spacial score (nSPS) is 26.1. The number of aromatic nitrogens is 2. The second kappa shape index (κ2) is 8.05. The number of aliphatic hydroxyl groups is 1. The average molecular weight is 420 g/mol. The number of pyridine rings is 1. The Morgan fingerprint density at radius 1 is 1.16 bits per heavy atom. The van der Waals surface area contributed by atoms with Crippen molar-refractivity contribution in [1.29, 1.82) is 0 Å². The van der Waals surface area contributed by atoms with Gasteiger partial charge in [0.2, 0.25) is 0 Å². The van der Waals surface area contributed by atoms with Crippen molar-refractivity contribution in [2.45, 2.75) is 45.4 Å². The molecule has 5 rings (SSSR count). The Bertz CT molecular complexity index is 1070. The maximum atomic E-state index is 11.6. The SMILES string of the molecule is COCCn1c(C)c(CN2C[C@H]3CC[C@](O)(c4ccc(C)cn4)[C@H]3C2)c2ccccc21. The molecule has 2 aliphatic rings. The molecule has 1 aliphatic carbocycles. The van der Waals surface area contributed by atoms with Crippen molar-refractivity contribution < 1.29 is 9.84 Å². The summed E-state index contributed by atoms with van der Waals surface area (Å²) in [5.74, 6) is 0.792. The zero-order chi connectivity index (χ0) is 21.6. The molecule has 1 aromatic carbocycles. The fourth-order valence-electron chi connectivity index (χ4n) is 5.95. The van der Waals surface area contributed by atoms with Crippen LogP contribution in [-0.2, 0) is 23.4 Å². The molecule has 1 saturated heterocycles. The molecule has 31 heavy (non-hydrogen) atoms. The van der Waals surface area contributed by atoms with Crippen LogP contribution in [-0.4, -0.2) is 46.4 Å². The number of nitrogens with zero attached hydrogens (tertiary/aromatic N) is 3. The lowest BCUT2D eigenvalue weighted by atomic mass is 9.85. The van der Waals surface area contributed by atoms with Crippen molar-refractivity contribution in [1.82, 2.24) is 14.5 Å². The van der Waals surface area contributed by atoms with Crippen molar-refractivity contribution in [3.63, 3.8) is 0 Å². The third-order valence-corrected chi connectivity index (χ3v) is 7.64. The molecule has 0 amide bonds. The molecule has 3 aromatic rings. The van der Waals surface area contributed by atoms with E-state index in [-0.39, 0.29) is 5.92 Å².